The summed E-state index contributed by atoms with van der Waals surface area (Å²) in [6.07, 6.45) is 7.39. The Kier molecular flexibility index (Phi) is 4.72. The summed E-state index contributed by atoms with van der Waals surface area (Å²) in [5.41, 5.74) is 4.71. The Labute approximate surface area is 133 Å². The maximum Gasteiger partial charge on any atom is 0.162 e. The molecule has 0 amide bonds. The van der Waals surface area contributed by atoms with E-state index >= 15 is 0 Å². The molecule has 0 unspecified atom stereocenters. The van der Waals surface area contributed by atoms with Crippen molar-refractivity contribution in [2.24, 2.45) is 0 Å². The smallest absolute Gasteiger partial charge is 0.162 e. The number of Topliss-reactive ketones (excluding diaryl/α,β-unsaturated/α-hetero) is 1. The summed E-state index contributed by atoms with van der Waals surface area (Å²) in [5.74, 6) is 0.964. The lowest BCUT2D eigenvalue weighted by Gasteiger charge is -2.22. The second-order valence-corrected chi connectivity index (χ2v) is 6.31. The Balaban J connectivity index is 1.76. The largest absolute Gasteiger partial charge is 0.294 e. The standard InChI is InChI=1S/C21H24O/c1-2-21(22)20-14-12-19(13-15-20)18-10-8-17(9-11-18)16-6-4-3-5-7-16/h8-16H,2-7H2,1H3. The van der Waals surface area contributed by atoms with Gasteiger partial charge in [-0.05, 0) is 35.4 Å². The van der Waals surface area contributed by atoms with Crippen molar-refractivity contribution in [3.8, 4) is 11.1 Å². The van der Waals surface area contributed by atoms with Gasteiger partial charge in [0.15, 0.2) is 5.78 Å². The van der Waals surface area contributed by atoms with Crippen LogP contribution in [0.2, 0.25) is 0 Å². The van der Waals surface area contributed by atoms with E-state index in [9.17, 15) is 4.79 Å². The SMILES string of the molecule is CCC(=O)c1ccc(-c2ccc(C3CCCCC3)cc2)cc1. The van der Waals surface area contributed by atoms with Crippen molar-refractivity contribution < 1.29 is 4.79 Å². The van der Waals surface area contributed by atoms with Crippen molar-refractivity contribution >= 4 is 5.78 Å². The third-order valence-electron chi connectivity index (χ3n) is 4.85. The summed E-state index contributed by atoms with van der Waals surface area (Å²) in [4.78, 5) is 11.7. The van der Waals surface area contributed by atoms with Crippen LogP contribution in [0.3, 0.4) is 0 Å². The molecule has 0 atom stereocenters. The molecule has 2 aromatic rings. The van der Waals surface area contributed by atoms with Gasteiger partial charge in [-0.3, -0.25) is 4.79 Å². The Bertz CT molecular complexity index is 616. The molecule has 0 N–H and O–H groups in total. The molecule has 114 valence electrons. The molecule has 1 nitrogen and oxygen atoms in total. The van der Waals surface area contributed by atoms with E-state index < -0.39 is 0 Å². The van der Waals surface area contributed by atoms with Crippen molar-refractivity contribution in [2.75, 3.05) is 0 Å². The number of carbonyl (C=O) groups excluding carboxylic acids is 1. The van der Waals surface area contributed by atoms with Gasteiger partial charge in [0, 0.05) is 12.0 Å². The summed E-state index contributed by atoms with van der Waals surface area (Å²) in [5, 5.41) is 0. The van der Waals surface area contributed by atoms with Crippen LogP contribution >= 0.6 is 0 Å². The van der Waals surface area contributed by atoms with Gasteiger partial charge in [-0.15, -0.1) is 0 Å². The highest BCUT2D eigenvalue weighted by Gasteiger charge is 2.15. The fourth-order valence-electron chi connectivity index (χ4n) is 3.44. The summed E-state index contributed by atoms with van der Waals surface area (Å²) < 4.78 is 0. The van der Waals surface area contributed by atoms with Crippen LogP contribution in [0.5, 0.6) is 0 Å². The zero-order valence-corrected chi connectivity index (χ0v) is 13.3. The third-order valence-corrected chi connectivity index (χ3v) is 4.85. The van der Waals surface area contributed by atoms with Gasteiger partial charge in [0.05, 0.1) is 0 Å². The van der Waals surface area contributed by atoms with Crippen molar-refractivity contribution in [1.29, 1.82) is 0 Å². The van der Waals surface area contributed by atoms with Crippen molar-refractivity contribution in [3.63, 3.8) is 0 Å². The van der Waals surface area contributed by atoms with Gasteiger partial charge in [-0.2, -0.15) is 0 Å². The summed E-state index contributed by atoms with van der Waals surface area (Å²) >= 11 is 0. The number of rotatable bonds is 4. The van der Waals surface area contributed by atoms with E-state index in [0.29, 0.717) is 6.42 Å². The molecule has 0 heterocycles. The van der Waals surface area contributed by atoms with Crippen LogP contribution in [0.15, 0.2) is 48.5 Å². The minimum atomic E-state index is 0.208. The zero-order chi connectivity index (χ0) is 15.4. The molecule has 1 saturated carbocycles. The third kappa shape index (κ3) is 3.30. The van der Waals surface area contributed by atoms with Crippen LogP contribution in [0.4, 0.5) is 0 Å². The molecule has 0 radical (unpaired) electrons. The number of ketones is 1. The molecule has 3 rings (SSSR count). The quantitative estimate of drug-likeness (QED) is 0.632. The number of benzene rings is 2. The van der Waals surface area contributed by atoms with Crippen molar-refractivity contribution in [3.05, 3.63) is 59.7 Å². The maximum absolute atomic E-state index is 11.7. The molecule has 22 heavy (non-hydrogen) atoms. The second kappa shape index (κ2) is 6.91. The van der Waals surface area contributed by atoms with Crippen LogP contribution < -0.4 is 0 Å². The van der Waals surface area contributed by atoms with Crippen LogP contribution in [0.25, 0.3) is 11.1 Å². The van der Waals surface area contributed by atoms with Crippen molar-refractivity contribution in [1.82, 2.24) is 0 Å². The molecule has 1 fully saturated rings. The zero-order valence-electron chi connectivity index (χ0n) is 13.3. The van der Waals surface area contributed by atoms with Crippen LogP contribution in [-0.4, -0.2) is 5.78 Å². The predicted molar refractivity (Wildman–Crippen MR) is 92.3 cm³/mol. The minimum Gasteiger partial charge on any atom is -0.294 e. The van der Waals surface area contributed by atoms with Crippen LogP contribution in [0.1, 0.15) is 67.3 Å². The molecule has 2 aromatic carbocycles. The predicted octanol–water partition coefficient (Wildman–Crippen LogP) is 5.99. The Morgan fingerprint density at radius 3 is 1.95 bits per heavy atom. The van der Waals surface area contributed by atoms with E-state index in [2.05, 4.69) is 36.4 Å². The average molecular weight is 292 g/mol. The molecular weight excluding hydrogens is 268 g/mol. The normalized spacial score (nSPS) is 15.7. The summed E-state index contributed by atoms with van der Waals surface area (Å²) in [6.45, 7) is 1.90. The van der Waals surface area contributed by atoms with Gasteiger partial charge in [-0.25, -0.2) is 0 Å². The van der Waals surface area contributed by atoms with Gasteiger partial charge < -0.3 is 0 Å². The van der Waals surface area contributed by atoms with Crippen LogP contribution in [-0.2, 0) is 0 Å². The molecule has 1 aliphatic carbocycles. The molecular formula is C21H24O. The fourth-order valence-corrected chi connectivity index (χ4v) is 3.44. The Morgan fingerprint density at radius 1 is 0.864 bits per heavy atom. The fraction of sp³-hybridized carbons (Fsp3) is 0.381. The molecule has 0 bridgehead atoms. The molecule has 0 aromatic heterocycles. The lowest BCUT2D eigenvalue weighted by atomic mass is 9.83. The van der Waals surface area contributed by atoms with Crippen LogP contribution in [0, 0.1) is 0 Å². The topological polar surface area (TPSA) is 17.1 Å². The maximum atomic E-state index is 11.7. The molecule has 0 spiro atoms. The van der Waals surface area contributed by atoms with Crippen molar-refractivity contribution in [2.45, 2.75) is 51.4 Å². The van der Waals surface area contributed by atoms with Gasteiger partial charge >= 0.3 is 0 Å². The van der Waals surface area contributed by atoms with Gasteiger partial charge in [0.2, 0.25) is 0 Å². The highest BCUT2D eigenvalue weighted by molar-refractivity contribution is 5.96. The first kappa shape index (κ1) is 15.0. The molecule has 1 heteroatoms. The number of hydrogen-bond acceptors (Lipinski definition) is 1. The minimum absolute atomic E-state index is 0.208. The van der Waals surface area contributed by atoms with Gasteiger partial charge in [0.1, 0.15) is 0 Å². The van der Waals surface area contributed by atoms with E-state index in [4.69, 9.17) is 0 Å². The van der Waals surface area contributed by atoms with E-state index in [1.165, 1.54) is 48.8 Å². The van der Waals surface area contributed by atoms with E-state index in [0.717, 1.165) is 11.5 Å². The van der Waals surface area contributed by atoms with Gasteiger partial charge in [-0.1, -0.05) is 74.7 Å². The first-order valence-corrected chi connectivity index (χ1v) is 8.51. The molecule has 1 aliphatic rings. The highest BCUT2D eigenvalue weighted by atomic mass is 16.1. The first-order valence-electron chi connectivity index (χ1n) is 8.51. The Hall–Kier alpha value is -1.89. The monoisotopic (exact) mass is 292 g/mol. The summed E-state index contributed by atoms with van der Waals surface area (Å²) in [6, 6.07) is 17.0. The molecule has 0 saturated heterocycles. The summed E-state index contributed by atoms with van der Waals surface area (Å²) in [7, 11) is 0. The molecule has 0 aliphatic heterocycles. The number of carbonyl (C=O) groups is 1. The van der Waals surface area contributed by atoms with E-state index in [-0.39, 0.29) is 5.78 Å². The Morgan fingerprint density at radius 2 is 1.41 bits per heavy atom. The number of hydrogen-bond donors (Lipinski definition) is 0. The lowest BCUT2D eigenvalue weighted by molar-refractivity contribution is 0.0988. The second-order valence-electron chi connectivity index (χ2n) is 6.31. The van der Waals surface area contributed by atoms with Gasteiger partial charge in [0.25, 0.3) is 0 Å². The average Bonchev–Trinajstić information content (AvgIpc) is 2.62. The van der Waals surface area contributed by atoms with E-state index in [1.807, 2.05) is 19.1 Å². The lowest BCUT2D eigenvalue weighted by Crippen LogP contribution is -2.04. The van der Waals surface area contributed by atoms with E-state index in [1.54, 1.807) is 0 Å². The highest BCUT2D eigenvalue weighted by Crippen LogP contribution is 2.33. The first-order chi connectivity index (χ1) is 10.8.